The van der Waals surface area contributed by atoms with Crippen molar-refractivity contribution in [1.29, 1.82) is 0 Å². The Morgan fingerprint density at radius 3 is 2.23 bits per heavy atom. The number of phenolic OH excluding ortho intramolecular Hbond substituents is 1. The van der Waals surface area contributed by atoms with Gasteiger partial charge in [0.2, 0.25) is 0 Å². The van der Waals surface area contributed by atoms with Gasteiger partial charge in [0, 0.05) is 11.8 Å². The quantitative estimate of drug-likeness (QED) is 0.453. The maximum Gasteiger partial charge on any atom is 0.291 e. The molecule has 0 aliphatic rings. The molecule has 1 heterocycles. The molecule has 0 saturated heterocycles. The Kier molecular flexibility index (Phi) is 5.70. The summed E-state index contributed by atoms with van der Waals surface area (Å²) in [6.45, 7) is 3.74. The highest BCUT2D eigenvalue weighted by molar-refractivity contribution is 7.90. The minimum Gasteiger partial charge on any atom is -0.507 e. The van der Waals surface area contributed by atoms with Crippen LogP contribution in [0.2, 0.25) is 0 Å². The lowest BCUT2D eigenvalue weighted by Crippen LogP contribution is -2.17. The molecule has 0 aliphatic heterocycles. The number of ether oxygens (including phenoxy) is 2. The van der Waals surface area contributed by atoms with Crippen molar-refractivity contribution in [2.45, 2.75) is 18.7 Å². The maximum absolute atomic E-state index is 12.9. The summed E-state index contributed by atoms with van der Waals surface area (Å²) < 4.78 is 41.4. The standard InChI is InChI=1S/C20H22N4O5S/c1-12-10-13(2)24(22-12)14-8-9-15(16(25)11-14)20(21)23-30(26,27)19-17(28-3)6-5-7-18(19)29-4/h5-11,25H,1-4H3,(H2,21,23). The molecule has 0 bridgehead atoms. The zero-order valence-electron chi connectivity index (χ0n) is 16.9. The van der Waals surface area contributed by atoms with E-state index in [1.807, 2.05) is 19.9 Å². The lowest BCUT2D eigenvalue weighted by molar-refractivity contribution is 0.373. The molecule has 0 unspecified atom stereocenters. The molecule has 158 valence electrons. The number of aryl methyl sites for hydroxylation is 2. The van der Waals surface area contributed by atoms with Crippen LogP contribution in [-0.2, 0) is 10.0 Å². The monoisotopic (exact) mass is 430 g/mol. The average molecular weight is 430 g/mol. The highest BCUT2D eigenvalue weighted by Gasteiger charge is 2.25. The van der Waals surface area contributed by atoms with Crippen molar-refractivity contribution >= 4 is 15.9 Å². The molecule has 3 N–H and O–H groups in total. The molecule has 9 nitrogen and oxygen atoms in total. The summed E-state index contributed by atoms with van der Waals surface area (Å²) in [6.07, 6.45) is 0. The van der Waals surface area contributed by atoms with Gasteiger partial charge in [0.05, 0.1) is 31.2 Å². The van der Waals surface area contributed by atoms with Gasteiger partial charge in [-0.15, -0.1) is 4.40 Å². The van der Waals surface area contributed by atoms with Gasteiger partial charge in [-0.3, -0.25) is 0 Å². The SMILES string of the molecule is COc1cccc(OC)c1S(=O)(=O)/N=C(\N)c1ccc(-n2nc(C)cc2C)cc1O. The average Bonchev–Trinajstić information content (AvgIpc) is 3.04. The Morgan fingerprint density at radius 1 is 1.10 bits per heavy atom. The van der Waals surface area contributed by atoms with Crippen molar-refractivity contribution in [3.05, 3.63) is 59.4 Å². The van der Waals surface area contributed by atoms with Gasteiger partial charge in [0.1, 0.15) is 23.1 Å². The number of benzene rings is 2. The lowest BCUT2D eigenvalue weighted by atomic mass is 10.1. The first-order valence-electron chi connectivity index (χ1n) is 8.86. The number of sulfonamides is 1. The number of hydrogen-bond acceptors (Lipinski definition) is 6. The van der Waals surface area contributed by atoms with E-state index in [1.165, 1.54) is 38.5 Å². The summed E-state index contributed by atoms with van der Waals surface area (Å²) in [4.78, 5) is -0.253. The molecule has 0 saturated carbocycles. The van der Waals surface area contributed by atoms with Gasteiger partial charge in [-0.05, 0) is 44.2 Å². The molecule has 0 aliphatic carbocycles. The molecule has 3 rings (SSSR count). The number of aromatic hydroxyl groups is 1. The first-order chi connectivity index (χ1) is 14.2. The number of rotatable bonds is 6. The molecule has 0 radical (unpaired) electrons. The fourth-order valence-electron chi connectivity index (χ4n) is 3.05. The van der Waals surface area contributed by atoms with Gasteiger partial charge >= 0.3 is 0 Å². The van der Waals surface area contributed by atoms with Crippen LogP contribution in [-0.4, -0.2) is 43.4 Å². The third-order valence-electron chi connectivity index (χ3n) is 4.37. The second kappa shape index (κ2) is 8.07. The first kappa shape index (κ1) is 21.2. The van der Waals surface area contributed by atoms with Crippen LogP contribution in [0.3, 0.4) is 0 Å². The van der Waals surface area contributed by atoms with Crippen LogP contribution in [0.1, 0.15) is 17.0 Å². The van der Waals surface area contributed by atoms with E-state index in [2.05, 4.69) is 9.50 Å². The predicted octanol–water partition coefficient (Wildman–Crippen LogP) is 2.31. The van der Waals surface area contributed by atoms with Crippen LogP contribution >= 0.6 is 0 Å². The van der Waals surface area contributed by atoms with Crippen molar-refractivity contribution < 1.29 is 23.0 Å². The highest BCUT2D eigenvalue weighted by atomic mass is 32.2. The number of nitrogens with two attached hydrogens (primary N) is 1. The van der Waals surface area contributed by atoms with Gasteiger partial charge in [0.15, 0.2) is 4.90 Å². The van der Waals surface area contributed by atoms with Crippen LogP contribution in [0.15, 0.2) is 51.8 Å². The van der Waals surface area contributed by atoms with Crippen molar-refractivity contribution in [1.82, 2.24) is 9.78 Å². The van der Waals surface area contributed by atoms with Gasteiger partial charge in [-0.25, -0.2) is 4.68 Å². The van der Waals surface area contributed by atoms with Gasteiger partial charge in [-0.2, -0.15) is 13.5 Å². The summed E-state index contributed by atoms with van der Waals surface area (Å²) in [5, 5.41) is 14.8. The molecule has 3 aromatic rings. The predicted molar refractivity (Wildman–Crippen MR) is 112 cm³/mol. The van der Waals surface area contributed by atoms with Crippen molar-refractivity contribution in [3.8, 4) is 22.9 Å². The van der Waals surface area contributed by atoms with Crippen LogP contribution < -0.4 is 15.2 Å². The molecule has 2 aromatic carbocycles. The maximum atomic E-state index is 12.9. The second-order valence-electron chi connectivity index (χ2n) is 6.48. The molecule has 0 fully saturated rings. The number of hydrogen-bond donors (Lipinski definition) is 2. The van der Waals surface area contributed by atoms with Gasteiger partial charge in [0.25, 0.3) is 10.0 Å². The fraction of sp³-hybridized carbons (Fsp3) is 0.200. The summed E-state index contributed by atoms with van der Waals surface area (Å²) in [5.41, 5.74) is 8.31. The van der Waals surface area contributed by atoms with Crippen LogP contribution in [0.4, 0.5) is 0 Å². The van der Waals surface area contributed by atoms with E-state index in [0.29, 0.717) is 5.69 Å². The lowest BCUT2D eigenvalue weighted by Gasteiger charge is -2.12. The van der Waals surface area contributed by atoms with Crippen molar-refractivity contribution in [2.24, 2.45) is 10.1 Å². The third-order valence-corrected chi connectivity index (χ3v) is 5.73. The van der Waals surface area contributed by atoms with Crippen LogP contribution in [0.25, 0.3) is 5.69 Å². The van der Waals surface area contributed by atoms with Gasteiger partial charge < -0.3 is 20.3 Å². The molecule has 0 spiro atoms. The first-order valence-corrected chi connectivity index (χ1v) is 10.3. The van der Waals surface area contributed by atoms with E-state index < -0.39 is 10.0 Å². The molecule has 10 heteroatoms. The van der Waals surface area contributed by atoms with Crippen molar-refractivity contribution in [3.63, 3.8) is 0 Å². The van der Waals surface area contributed by atoms with Gasteiger partial charge in [-0.1, -0.05) is 6.07 Å². The Bertz CT molecular complexity index is 1210. The highest BCUT2D eigenvalue weighted by Crippen LogP contribution is 2.34. The van der Waals surface area contributed by atoms with E-state index in [1.54, 1.807) is 16.8 Å². The van der Waals surface area contributed by atoms with Crippen LogP contribution in [0, 0.1) is 13.8 Å². The Morgan fingerprint density at radius 2 is 1.73 bits per heavy atom. The smallest absolute Gasteiger partial charge is 0.291 e. The second-order valence-corrected chi connectivity index (χ2v) is 8.02. The van der Waals surface area contributed by atoms with Crippen molar-refractivity contribution in [2.75, 3.05) is 14.2 Å². The molecule has 0 amide bonds. The van der Waals surface area contributed by atoms with E-state index in [9.17, 15) is 13.5 Å². The number of aromatic nitrogens is 2. The molecule has 1 aromatic heterocycles. The Hall–Kier alpha value is -3.53. The molecular weight excluding hydrogens is 408 g/mol. The number of phenols is 1. The minimum atomic E-state index is -4.29. The normalized spacial score (nSPS) is 12.1. The largest absolute Gasteiger partial charge is 0.507 e. The molecular formula is C20H22N4O5S. The van der Waals surface area contributed by atoms with E-state index in [4.69, 9.17) is 15.2 Å². The van der Waals surface area contributed by atoms with E-state index in [-0.39, 0.29) is 33.5 Å². The zero-order valence-corrected chi connectivity index (χ0v) is 17.8. The number of nitrogens with zero attached hydrogens (tertiary/aromatic N) is 3. The summed E-state index contributed by atoms with van der Waals surface area (Å²) in [6, 6.07) is 11.0. The zero-order chi connectivity index (χ0) is 22.1. The fourth-order valence-corrected chi connectivity index (χ4v) is 4.31. The molecule has 0 atom stereocenters. The summed E-state index contributed by atoms with van der Waals surface area (Å²) >= 11 is 0. The summed E-state index contributed by atoms with van der Waals surface area (Å²) in [5.74, 6) is -0.478. The minimum absolute atomic E-state index is 0.0648. The third kappa shape index (κ3) is 3.94. The number of methoxy groups -OCH3 is 2. The Labute approximate surface area is 174 Å². The Balaban J connectivity index is 2.05. The number of amidine groups is 1. The van der Waals surface area contributed by atoms with Crippen LogP contribution in [0.5, 0.6) is 17.2 Å². The van der Waals surface area contributed by atoms with E-state index in [0.717, 1.165) is 11.4 Å². The van der Waals surface area contributed by atoms with E-state index >= 15 is 0 Å². The summed E-state index contributed by atoms with van der Waals surface area (Å²) in [7, 11) is -1.62. The molecule has 30 heavy (non-hydrogen) atoms. The topological polar surface area (TPSA) is 129 Å².